The highest BCUT2D eigenvalue weighted by Crippen LogP contribution is 2.28. The Hall–Kier alpha value is -1.01. The number of aliphatic hydroxyl groups is 1. The van der Waals surface area contributed by atoms with Crippen LogP contribution < -0.4 is 4.74 Å². The van der Waals surface area contributed by atoms with Crippen molar-refractivity contribution in [2.24, 2.45) is 0 Å². The molecule has 116 valence electrons. The molecule has 0 aromatic heterocycles. The molecule has 0 bridgehead atoms. The Morgan fingerprint density at radius 3 is 3.00 bits per heavy atom. The van der Waals surface area contributed by atoms with Crippen molar-refractivity contribution in [3.05, 3.63) is 28.2 Å². The molecule has 0 saturated carbocycles. The van der Waals surface area contributed by atoms with Crippen LogP contribution in [0, 0.1) is 0 Å². The van der Waals surface area contributed by atoms with Crippen LogP contribution in [0.25, 0.3) is 0 Å². The second-order valence-corrected chi connectivity index (χ2v) is 5.64. The Morgan fingerprint density at radius 1 is 1.57 bits per heavy atom. The molecule has 2 atom stereocenters. The summed E-state index contributed by atoms with van der Waals surface area (Å²) in [6.45, 7) is 2.80. The van der Waals surface area contributed by atoms with Crippen molar-refractivity contribution in [2.75, 3.05) is 26.3 Å². The molecule has 1 N–H and O–H groups in total. The van der Waals surface area contributed by atoms with Gasteiger partial charge in [0.2, 0.25) is 0 Å². The second kappa shape index (κ2) is 7.31. The molecule has 0 spiro atoms. The van der Waals surface area contributed by atoms with E-state index in [4.69, 9.17) is 37.8 Å². The Labute approximate surface area is 133 Å². The van der Waals surface area contributed by atoms with E-state index in [9.17, 15) is 4.79 Å². The second-order valence-electron chi connectivity index (χ2n) is 4.79. The van der Waals surface area contributed by atoms with E-state index in [1.54, 1.807) is 30.0 Å². The van der Waals surface area contributed by atoms with Gasteiger partial charge < -0.3 is 19.5 Å². The van der Waals surface area contributed by atoms with Crippen LogP contribution in [0.5, 0.6) is 5.75 Å². The number of carbonyl (C=O) groups excluding carboxylic acids is 1. The van der Waals surface area contributed by atoms with Gasteiger partial charge in [-0.1, -0.05) is 23.2 Å². The van der Waals surface area contributed by atoms with Crippen molar-refractivity contribution in [3.63, 3.8) is 0 Å². The summed E-state index contributed by atoms with van der Waals surface area (Å²) in [5.41, 5.74) is 0. The van der Waals surface area contributed by atoms with Gasteiger partial charge >= 0.3 is 0 Å². The number of hydrogen-bond donors (Lipinski definition) is 1. The van der Waals surface area contributed by atoms with E-state index in [-0.39, 0.29) is 18.6 Å². The minimum Gasteiger partial charge on any atom is -0.479 e. The lowest BCUT2D eigenvalue weighted by atomic mass is 10.2. The fraction of sp³-hybridized carbons (Fsp3) is 0.500. The molecule has 1 aromatic carbocycles. The number of nitrogens with zero attached hydrogens (tertiary/aromatic N) is 1. The topological polar surface area (TPSA) is 59.0 Å². The standard InChI is InChI=1S/C14H17Cl2NO4/c1-9(21-13-3-2-10(15)6-12(13)16)14(19)17-4-5-20-11(7-17)8-18/h2-3,6,9,11,18H,4-5,7-8H2,1H3. The molecule has 1 saturated heterocycles. The van der Waals surface area contributed by atoms with Gasteiger partial charge in [-0.2, -0.15) is 0 Å². The molecule has 1 aliphatic rings. The smallest absolute Gasteiger partial charge is 0.263 e. The summed E-state index contributed by atoms with van der Waals surface area (Å²) in [5.74, 6) is 0.247. The number of amides is 1. The summed E-state index contributed by atoms with van der Waals surface area (Å²) < 4.78 is 10.9. The molecule has 21 heavy (non-hydrogen) atoms. The maximum Gasteiger partial charge on any atom is 0.263 e. The third-order valence-corrected chi connectivity index (χ3v) is 3.73. The van der Waals surface area contributed by atoms with Crippen LogP contribution in [0.3, 0.4) is 0 Å². The van der Waals surface area contributed by atoms with Crippen LogP contribution in [-0.4, -0.2) is 54.4 Å². The summed E-state index contributed by atoms with van der Waals surface area (Å²) in [4.78, 5) is 14.0. The summed E-state index contributed by atoms with van der Waals surface area (Å²) in [6, 6.07) is 4.84. The number of rotatable bonds is 4. The van der Waals surface area contributed by atoms with Gasteiger partial charge in [-0.05, 0) is 25.1 Å². The third-order valence-electron chi connectivity index (χ3n) is 3.20. The molecule has 0 aliphatic carbocycles. The number of ether oxygens (including phenoxy) is 2. The number of aliphatic hydroxyl groups excluding tert-OH is 1. The lowest BCUT2D eigenvalue weighted by Crippen LogP contribution is -2.50. The molecule has 7 heteroatoms. The van der Waals surface area contributed by atoms with Gasteiger partial charge in [-0.3, -0.25) is 4.79 Å². The SMILES string of the molecule is CC(Oc1ccc(Cl)cc1Cl)C(=O)N1CCOC(CO)C1. The maximum atomic E-state index is 12.3. The van der Waals surface area contributed by atoms with Gasteiger partial charge in [-0.25, -0.2) is 0 Å². The Bertz CT molecular complexity index is 512. The number of halogens is 2. The van der Waals surface area contributed by atoms with Crippen molar-refractivity contribution in [1.82, 2.24) is 4.90 Å². The van der Waals surface area contributed by atoms with Crippen LogP contribution in [0.4, 0.5) is 0 Å². The molecule has 2 unspecified atom stereocenters. The summed E-state index contributed by atoms with van der Waals surface area (Å²) >= 11 is 11.8. The van der Waals surface area contributed by atoms with E-state index in [1.807, 2.05) is 0 Å². The summed E-state index contributed by atoms with van der Waals surface area (Å²) in [5, 5.41) is 9.97. The fourth-order valence-electron chi connectivity index (χ4n) is 2.10. The first-order valence-corrected chi connectivity index (χ1v) is 7.40. The zero-order valence-electron chi connectivity index (χ0n) is 11.6. The highest BCUT2D eigenvalue weighted by Gasteiger charge is 2.28. The van der Waals surface area contributed by atoms with E-state index < -0.39 is 6.10 Å². The normalized spacial score (nSPS) is 20.2. The average molecular weight is 334 g/mol. The molecule has 1 fully saturated rings. The zero-order valence-corrected chi connectivity index (χ0v) is 13.1. The number of carbonyl (C=O) groups is 1. The van der Waals surface area contributed by atoms with Crippen LogP contribution in [0.1, 0.15) is 6.92 Å². The van der Waals surface area contributed by atoms with Gasteiger partial charge in [0, 0.05) is 18.1 Å². The van der Waals surface area contributed by atoms with E-state index in [0.717, 1.165) is 0 Å². The molecular weight excluding hydrogens is 317 g/mol. The van der Waals surface area contributed by atoms with Crippen LogP contribution in [0.2, 0.25) is 10.0 Å². The molecule has 0 radical (unpaired) electrons. The van der Waals surface area contributed by atoms with Gasteiger partial charge in [0.25, 0.3) is 5.91 Å². The maximum absolute atomic E-state index is 12.3. The van der Waals surface area contributed by atoms with Crippen LogP contribution in [-0.2, 0) is 9.53 Å². The molecule has 1 aliphatic heterocycles. The molecule has 2 rings (SSSR count). The lowest BCUT2D eigenvalue weighted by Gasteiger charge is -2.33. The summed E-state index contributed by atoms with van der Waals surface area (Å²) in [6.07, 6.45) is -1.02. The summed E-state index contributed by atoms with van der Waals surface area (Å²) in [7, 11) is 0. The predicted molar refractivity (Wildman–Crippen MR) is 80.0 cm³/mol. The van der Waals surface area contributed by atoms with Gasteiger partial charge in [-0.15, -0.1) is 0 Å². The first-order valence-electron chi connectivity index (χ1n) is 6.64. The molecule has 1 heterocycles. The monoisotopic (exact) mass is 333 g/mol. The first kappa shape index (κ1) is 16.4. The molecule has 1 aromatic rings. The first-order chi connectivity index (χ1) is 10.0. The van der Waals surface area contributed by atoms with Crippen molar-refractivity contribution >= 4 is 29.1 Å². The average Bonchev–Trinajstić information content (AvgIpc) is 2.49. The van der Waals surface area contributed by atoms with Crippen LogP contribution >= 0.6 is 23.2 Å². The van der Waals surface area contributed by atoms with Gasteiger partial charge in [0.15, 0.2) is 6.10 Å². The minimum atomic E-state index is -0.680. The van der Waals surface area contributed by atoms with Crippen molar-refractivity contribution in [3.8, 4) is 5.75 Å². The van der Waals surface area contributed by atoms with Crippen molar-refractivity contribution in [1.29, 1.82) is 0 Å². The predicted octanol–water partition coefficient (Wildman–Crippen LogP) is 1.98. The Balaban J connectivity index is 1.99. The van der Waals surface area contributed by atoms with Gasteiger partial charge in [0.05, 0.1) is 24.3 Å². The van der Waals surface area contributed by atoms with E-state index in [0.29, 0.717) is 35.5 Å². The molecule has 5 nitrogen and oxygen atoms in total. The molecular formula is C14H17Cl2NO4. The molecule has 1 amide bonds. The van der Waals surface area contributed by atoms with E-state index in [2.05, 4.69) is 0 Å². The number of hydrogen-bond acceptors (Lipinski definition) is 4. The number of benzene rings is 1. The zero-order chi connectivity index (χ0) is 15.4. The third kappa shape index (κ3) is 4.23. The number of morpholine rings is 1. The van der Waals surface area contributed by atoms with E-state index in [1.165, 1.54) is 0 Å². The van der Waals surface area contributed by atoms with Gasteiger partial charge in [0.1, 0.15) is 5.75 Å². The Kier molecular flexibility index (Phi) is 5.70. The largest absolute Gasteiger partial charge is 0.479 e. The highest BCUT2D eigenvalue weighted by atomic mass is 35.5. The van der Waals surface area contributed by atoms with Crippen molar-refractivity contribution < 1.29 is 19.4 Å². The Morgan fingerprint density at radius 2 is 2.33 bits per heavy atom. The van der Waals surface area contributed by atoms with E-state index >= 15 is 0 Å². The minimum absolute atomic E-state index is 0.109. The fourth-order valence-corrected chi connectivity index (χ4v) is 2.55. The lowest BCUT2D eigenvalue weighted by molar-refractivity contribution is -0.146. The van der Waals surface area contributed by atoms with Crippen molar-refractivity contribution in [2.45, 2.75) is 19.1 Å². The van der Waals surface area contributed by atoms with Crippen LogP contribution in [0.15, 0.2) is 18.2 Å². The highest BCUT2D eigenvalue weighted by molar-refractivity contribution is 6.35. The quantitative estimate of drug-likeness (QED) is 0.915.